The van der Waals surface area contributed by atoms with E-state index in [2.05, 4.69) is 16.8 Å². The smallest absolute Gasteiger partial charge is 0.177 e. The summed E-state index contributed by atoms with van der Waals surface area (Å²) in [4.78, 5) is 4.84. The molecule has 0 spiro atoms. The minimum Gasteiger partial charge on any atom is -0.503 e. The maximum Gasteiger partial charge on any atom is 0.177 e. The highest BCUT2D eigenvalue weighted by atomic mass is 35.5. The van der Waals surface area contributed by atoms with Crippen LogP contribution in [0.5, 0.6) is 11.5 Å². The van der Waals surface area contributed by atoms with Gasteiger partial charge in [0.15, 0.2) is 11.5 Å². The molecule has 1 aromatic rings. The zero-order valence-electron chi connectivity index (χ0n) is 12.2. The molecular formula is C15H23ClN2O2. The van der Waals surface area contributed by atoms with Gasteiger partial charge in [-0.3, -0.25) is 0 Å². The number of aryl methyl sites for hydroxylation is 1. The number of hydrogen-bond acceptors (Lipinski definition) is 4. The van der Waals surface area contributed by atoms with Gasteiger partial charge in [-0.2, -0.15) is 0 Å². The number of likely N-dealkylation sites (N-methyl/N-ethyl adjacent to an activating group) is 1. The molecule has 0 aromatic heterocycles. The zero-order valence-corrected chi connectivity index (χ0v) is 13.0. The minimum absolute atomic E-state index is 0.0475. The number of benzene rings is 1. The van der Waals surface area contributed by atoms with E-state index < -0.39 is 0 Å². The van der Waals surface area contributed by atoms with Gasteiger partial charge in [-0.1, -0.05) is 17.7 Å². The first kappa shape index (κ1) is 15.4. The molecule has 0 radical (unpaired) electrons. The molecule has 0 amide bonds. The number of methoxy groups -OCH3 is 1. The van der Waals surface area contributed by atoms with E-state index in [4.69, 9.17) is 16.3 Å². The minimum atomic E-state index is 0.0475. The van der Waals surface area contributed by atoms with E-state index >= 15 is 0 Å². The third-order valence-electron chi connectivity index (χ3n) is 3.90. The average molecular weight is 299 g/mol. The van der Waals surface area contributed by atoms with Crippen LogP contribution in [0.4, 0.5) is 0 Å². The molecule has 1 aliphatic rings. The van der Waals surface area contributed by atoms with Gasteiger partial charge in [-0.25, -0.2) is 0 Å². The number of phenols is 1. The van der Waals surface area contributed by atoms with Crippen molar-refractivity contribution in [2.45, 2.75) is 12.8 Å². The summed E-state index contributed by atoms with van der Waals surface area (Å²) >= 11 is 6.17. The summed E-state index contributed by atoms with van der Waals surface area (Å²) in [5.41, 5.74) is 0.985. The Morgan fingerprint density at radius 3 is 2.60 bits per heavy atom. The van der Waals surface area contributed by atoms with E-state index in [9.17, 15) is 5.11 Å². The number of halogens is 1. The molecule has 0 bridgehead atoms. The fraction of sp³-hybridized carbons (Fsp3) is 0.600. The van der Waals surface area contributed by atoms with E-state index in [-0.39, 0.29) is 5.75 Å². The maximum absolute atomic E-state index is 9.88. The Kier molecular flexibility index (Phi) is 5.52. The van der Waals surface area contributed by atoms with E-state index in [0.717, 1.165) is 51.1 Å². The normalized spacial score (nSPS) is 17.4. The van der Waals surface area contributed by atoms with Crippen molar-refractivity contribution in [1.29, 1.82) is 0 Å². The molecule has 0 atom stereocenters. The molecule has 2 rings (SSSR count). The first-order chi connectivity index (χ1) is 9.61. The number of rotatable bonds is 5. The number of piperazine rings is 1. The Morgan fingerprint density at radius 2 is 1.95 bits per heavy atom. The molecule has 20 heavy (non-hydrogen) atoms. The highest BCUT2D eigenvalue weighted by molar-refractivity contribution is 6.33. The molecule has 5 heteroatoms. The van der Waals surface area contributed by atoms with Gasteiger partial charge in [0, 0.05) is 26.2 Å². The van der Waals surface area contributed by atoms with Gasteiger partial charge in [0.25, 0.3) is 0 Å². The Bertz CT molecular complexity index is 446. The fourth-order valence-electron chi connectivity index (χ4n) is 2.51. The van der Waals surface area contributed by atoms with Crippen molar-refractivity contribution >= 4 is 11.6 Å². The predicted molar refractivity (Wildman–Crippen MR) is 81.9 cm³/mol. The van der Waals surface area contributed by atoms with Crippen LogP contribution in [0.3, 0.4) is 0 Å². The van der Waals surface area contributed by atoms with Crippen molar-refractivity contribution in [3.63, 3.8) is 0 Å². The average Bonchev–Trinajstić information content (AvgIpc) is 2.46. The van der Waals surface area contributed by atoms with Crippen LogP contribution >= 0.6 is 11.6 Å². The van der Waals surface area contributed by atoms with Gasteiger partial charge in [-0.15, -0.1) is 0 Å². The van der Waals surface area contributed by atoms with Gasteiger partial charge in [0.2, 0.25) is 0 Å². The van der Waals surface area contributed by atoms with E-state index in [1.54, 1.807) is 6.07 Å². The molecule has 0 unspecified atom stereocenters. The first-order valence-corrected chi connectivity index (χ1v) is 7.45. The Hall–Kier alpha value is -0.970. The summed E-state index contributed by atoms with van der Waals surface area (Å²) < 4.78 is 5.04. The molecule has 1 heterocycles. The van der Waals surface area contributed by atoms with Crippen molar-refractivity contribution in [2.24, 2.45) is 0 Å². The molecule has 4 nitrogen and oxygen atoms in total. The van der Waals surface area contributed by atoms with Gasteiger partial charge in [0.05, 0.1) is 12.1 Å². The number of nitrogens with zero attached hydrogens (tertiary/aromatic N) is 2. The van der Waals surface area contributed by atoms with Crippen molar-refractivity contribution in [1.82, 2.24) is 9.80 Å². The summed E-state index contributed by atoms with van der Waals surface area (Å²) in [6, 6.07) is 3.71. The largest absolute Gasteiger partial charge is 0.503 e. The molecule has 0 saturated carbocycles. The van der Waals surface area contributed by atoms with Gasteiger partial charge >= 0.3 is 0 Å². The first-order valence-electron chi connectivity index (χ1n) is 7.07. The molecular weight excluding hydrogens is 276 g/mol. The van der Waals surface area contributed by atoms with Crippen molar-refractivity contribution < 1.29 is 9.84 Å². The fourth-order valence-corrected chi connectivity index (χ4v) is 2.76. The topological polar surface area (TPSA) is 35.9 Å². The third kappa shape index (κ3) is 3.78. The highest BCUT2D eigenvalue weighted by Crippen LogP contribution is 2.36. The van der Waals surface area contributed by atoms with Gasteiger partial charge in [0.1, 0.15) is 0 Å². The van der Waals surface area contributed by atoms with Crippen LogP contribution in [0, 0.1) is 0 Å². The quantitative estimate of drug-likeness (QED) is 0.904. The molecule has 1 saturated heterocycles. The lowest BCUT2D eigenvalue weighted by molar-refractivity contribution is 0.153. The van der Waals surface area contributed by atoms with Crippen molar-refractivity contribution in [3.05, 3.63) is 22.7 Å². The van der Waals surface area contributed by atoms with Crippen LogP contribution in [-0.4, -0.2) is 61.8 Å². The molecule has 1 aliphatic heterocycles. The Morgan fingerprint density at radius 1 is 1.25 bits per heavy atom. The van der Waals surface area contributed by atoms with Crippen LogP contribution in [0.1, 0.15) is 12.0 Å². The lowest BCUT2D eigenvalue weighted by atomic mass is 10.1. The highest BCUT2D eigenvalue weighted by Gasteiger charge is 2.14. The van der Waals surface area contributed by atoms with Crippen LogP contribution < -0.4 is 4.74 Å². The summed E-state index contributed by atoms with van der Waals surface area (Å²) in [5.74, 6) is 0.476. The molecule has 1 N–H and O–H groups in total. The molecule has 1 fully saturated rings. The van der Waals surface area contributed by atoms with Crippen LogP contribution in [0.25, 0.3) is 0 Å². The Balaban J connectivity index is 1.84. The van der Waals surface area contributed by atoms with Crippen LogP contribution in [-0.2, 0) is 6.42 Å². The summed E-state index contributed by atoms with van der Waals surface area (Å²) in [7, 11) is 3.69. The maximum atomic E-state index is 9.88. The van der Waals surface area contributed by atoms with Gasteiger partial charge in [-0.05, 0) is 38.1 Å². The lowest BCUT2D eigenvalue weighted by Crippen LogP contribution is -2.44. The Labute approximate surface area is 125 Å². The second kappa shape index (κ2) is 7.16. The number of phenolic OH excluding ortho intramolecular Hbond substituents is 1. The summed E-state index contributed by atoms with van der Waals surface area (Å²) in [6.07, 6.45) is 1.93. The number of ether oxygens (including phenoxy) is 1. The van der Waals surface area contributed by atoms with Crippen molar-refractivity contribution in [3.8, 4) is 11.5 Å². The molecule has 1 aromatic carbocycles. The number of aromatic hydroxyl groups is 1. The van der Waals surface area contributed by atoms with E-state index in [1.807, 2.05) is 6.07 Å². The lowest BCUT2D eigenvalue weighted by Gasteiger charge is -2.32. The van der Waals surface area contributed by atoms with E-state index in [0.29, 0.717) is 10.8 Å². The standard InChI is InChI=1S/C15H23ClN2O2/c1-17-8-10-18(11-9-17)7-3-4-12-5-6-13(20-2)15(19)14(12)16/h5-6,19H,3-4,7-11H2,1-2H3. The van der Waals surface area contributed by atoms with Crippen molar-refractivity contribution in [2.75, 3.05) is 46.9 Å². The second-order valence-electron chi connectivity index (χ2n) is 5.34. The zero-order chi connectivity index (χ0) is 14.5. The summed E-state index contributed by atoms with van der Waals surface area (Å²) in [5, 5.41) is 10.3. The second-order valence-corrected chi connectivity index (χ2v) is 5.72. The monoisotopic (exact) mass is 298 g/mol. The van der Waals surface area contributed by atoms with Crippen LogP contribution in [0.15, 0.2) is 12.1 Å². The number of hydrogen-bond donors (Lipinski definition) is 1. The summed E-state index contributed by atoms with van der Waals surface area (Å²) in [6.45, 7) is 5.64. The SMILES string of the molecule is COc1ccc(CCCN2CCN(C)CC2)c(Cl)c1O. The van der Waals surface area contributed by atoms with Gasteiger partial charge < -0.3 is 19.6 Å². The molecule has 112 valence electrons. The third-order valence-corrected chi connectivity index (χ3v) is 4.32. The predicted octanol–water partition coefficient (Wildman–Crippen LogP) is 2.23. The molecule has 0 aliphatic carbocycles. The van der Waals surface area contributed by atoms with Crippen LogP contribution in [0.2, 0.25) is 5.02 Å². The van der Waals surface area contributed by atoms with E-state index in [1.165, 1.54) is 7.11 Å².